The molecule has 1 aliphatic carbocycles. The Balaban J connectivity index is 1.44. The molecule has 1 aliphatic heterocycles. The molecule has 2 aliphatic rings. The summed E-state index contributed by atoms with van der Waals surface area (Å²) in [5, 5.41) is 8.17. The van der Waals surface area contributed by atoms with Crippen LogP contribution in [-0.2, 0) is 13.6 Å². The van der Waals surface area contributed by atoms with Gasteiger partial charge in [-0.25, -0.2) is 9.97 Å². The number of aryl methyl sites for hydroxylation is 2. The Morgan fingerprint density at radius 1 is 1.24 bits per heavy atom. The standard InChI is InChI=1S/C21H31N7O/c1-13-14(2)24-19(21(29)26(3)4)25-20(13)28-9-8-17(12-28)22-10-16-11-23-27(5)18(16)15-6-7-15/h11,15,17,22H,6-10,12H2,1-5H3/t17-/m1/s1. The van der Waals surface area contributed by atoms with Crippen LogP contribution in [0.5, 0.6) is 0 Å². The van der Waals surface area contributed by atoms with Crippen molar-refractivity contribution < 1.29 is 4.79 Å². The number of rotatable bonds is 6. The Hall–Kier alpha value is -2.48. The largest absolute Gasteiger partial charge is 0.355 e. The fraction of sp³-hybridized carbons (Fsp3) is 0.619. The second kappa shape index (κ2) is 7.74. The topological polar surface area (TPSA) is 79.2 Å². The number of hydrogen-bond acceptors (Lipinski definition) is 6. The Kier molecular flexibility index (Phi) is 5.29. The minimum absolute atomic E-state index is 0.160. The van der Waals surface area contributed by atoms with Gasteiger partial charge in [0, 0.05) is 75.3 Å². The molecule has 1 amide bonds. The SMILES string of the molecule is Cc1nc(C(=O)N(C)C)nc(N2CC[C@@H](NCc3cnn(C)c3C3CC3)C2)c1C. The maximum Gasteiger partial charge on any atom is 0.291 e. The number of nitrogens with zero attached hydrogens (tertiary/aromatic N) is 6. The van der Waals surface area contributed by atoms with Crippen LogP contribution in [0, 0.1) is 13.8 Å². The van der Waals surface area contributed by atoms with E-state index in [1.807, 2.05) is 31.8 Å². The summed E-state index contributed by atoms with van der Waals surface area (Å²) in [6.07, 6.45) is 5.62. The fourth-order valence-electron chi connectivity index (χ4n) is 4.10. The van der Waals surface area contributed by atoms with E-state index in [4.69, 9.17) is 0 Å². The molecule has 0 aromatic carbocycles. The number of carbonyl (C=O) groups excluding carboxylic acids is 1. The summed E-state index contributed by atoms with van der Waals surface area (Å²) in [6, 6.07) is 0.393. The molecular weight excluding hydrogens is 366 g/mol. The first-order valence-corrected chi connectivity index (χ1v) is 10.4. The fourth-order valence-corrected chi connectivity index (χ4v) is 4.10. The maximum absolute atomic E-state index is 12.4. The van der Waals surface area contributed by atoms with Gasteiger partial charge in [0.2, 0.25) is 5.82 Å². The van der Waals surface area contributed by atoms with Gasteiger partial charge in [-0.1, -0.05) is 0 Å². The van der Waals surface area contributed by atoms with Crippen LogP contribution in [0.25, 0.3) is 0 Å². The van der Waals surface area contributed by atoms with Crippen LogP contribution in [0.1, 0.15) is 58.3 Å². The monoisotopic (exact) mass is 397 g/mol. The number of carbonyl (C=O) groups is 1. The summed E-state index contributed by atoms with van der Waals surface area (Å²) in [4.78, 5) is 25.2. The molecule has 1 atom stereocenters. The van der Waals surface area contributed by atoms with Gasteiger partial charge in [0.25, 0.3) is 5.91 Å². The zero-order valence-electron chi connectivity index (χ0n) is 18.1. The molecule has 1 saturated carbocycles. The summed E-state index contributed by atoms with van der Waals surface area (Å²) in [5.41, 5.74) is 4.62. The van der Waals surface area contributed by atoms with Crippen LogP contribution in [-0.4, -0.2) is 63.8 Å². The zero-order chi connectivity index (χ0) is 20.7. The van der Waals surface area contributed by atoms with Crippen LogP contribution >= 0.6 is 0 Å². The molecule has 8 nitrogen and oxygen atoms in total. The van der Waals surface area contributed by atoms with Gasteiger partial charge < -0.3 is 15.1 Å². The Bertz CT molecular complexity index is 916. The van der Waals surface area contributed by atoms with Gasteiger partial charge >= 0.3 is 0 Å². The summed E-state index contributed by atoms with van der Waals surface area (Å²) >= 11 is 0. The summed E-state index contributed by atoms with van der Waals surface area (Å²) < 4.78 is 2.03. The van der Waals surface area contributed by atoms with E-state index in [-0.39, 0.29) is 11.7 Å². The molecule has 1 saturated heterocycles. The van der Waals surface area contributed by atoms with E-state index in [0.29, 0.717) is 12.0 Å². The van der Waals surface area contributed by atoms with Crippen LogP contribution in [0.15, 0.2) is 6.20 Å². The lowest BCUT2D eigenvalue weighted by molar-refractivity contribution is 0.0815. The molecule has 156 valence electrons. The lowest BCUT2D eigenvalue weighted by Crippen LogP contribution is -2.33. The van der Waals surface area contributed by atoms with Crippen molar-refractivity contribution in [3.05, 3.63) is 34.5 Å². The molecule has 2 fully saturated rings. The van der Waals surface area contributed by atoms with Crippen molar-refractivity contribution in [3.8, 4) is 0 Å². The Morgan fingerprint density at radius 2 is 2.00 bits per heavy atom. The molecule has 0 bridgehead atoms. The van der Waals surface area contributed by atoms with Crippen molar-refractivity contribution in [1.82, 2.24) is 30.0 Å². The van der Waals surface area contributed by atoms with Crippen molar-refractivity contribution in [3.63, 3.8) is 0 Å². The first-order valence-electron chi connectivity index (χ1n) is 10.4. The molecular formula is C21H31N7O. The van der Waals surface area contributed by atoms with Crippen LogP contribution in [0.2, 0.25) is 0 Å². The molecule has 4 rings (SSSR count). The molecule has 0 unspecified atom stereocenters. The quantitative estimate of drug-likeness (QED) is 0.800. The molecule has 3 heterocycles. The first-order chi connectivity index (χ1) is 13.8. The van der Waals surface area contributed by atoms with E-state index in [0.717, 1.165) is 43.1 Å². The summed E-state index contributed by atoms with van der Waals surface area (Å²) in [7, 11) is 5.50. The number of anilines is 1. The first kappa shape index (κ1) is 19.8. The van der Waals surface area contributed by atoms with Gasteiger partial charge in [0.15, 0.2) is 0 Å². The minimum atomic E-state index is -0.160. The van der Waals surface area contributed by atoms with Gasteiger partial charge in [0.1, 0.15) is 5.82 Å². The molecule has 1 N–H and O–H groups in total. The van der Waals surface area contributed by atoms with Gasteiger partial charge in [-0.05, 0) is 33.1 Å². The zero-order valence-corrected chi connectivity index (χ0v) is 18.1. The third-order valence-corrected chi connectivity index (χ3v) is 6.06. The average Bonchev–Trinajstić information content (AvgIpc) is 3.29. The highest BCUT2D eigenvalue weighted by atomic mass is 16.2. The van der Waals surface area contributed by atoms with Crippen molar-refractivity contribution in [2.24, 2.45) is 7.05 Å². The summed E-state index contributed by atoms with van der Waals surface area (Å²) in [5.74, 6) is 1.69. The minimum Gasteiger partial charge on any atom is -0.355 e. The van der Waals surface area contributed by atoms with Gasteiger partial charge in [0.05, 0.1) is 6.20 Å². The third-order valence-electron chi connectivity index (χ3n) is 6.06. The van der Waals surface area contributed by atoms with Crippen LogP contribution in [0.4, 0.5) is 5.82 Å². The normalized spacial score (nSPS) is 19.1. The smallest absolute Gasteiger partial charge is 0.291 e. The average molecular weight is 398 g/mol. The summed E-state index contributed by atoms with van der Waals surface area (Å²) in [6.45, 7) is 6.64. The number of hydrogen-bond donors (Lipinski definition) is 1. The van der Waals surface area contributed by atoms with E-state index in [1.54, 1.807) is 14.1 Å². The van der Waals surface area contributed by atoms with Gasteiger partial charge in [-0.15, -0.1) is 0 Å². The second-order valence-corrected chi connectivity index (χ2v) is 8.55. The molecule has 8 heteroatoms. The van der Waals surface area contributed by atoms with Crippen molar-refractivity contribution in [1.29, 1.82) is 0 Å². The Morgan fingerprint density at radius 3 is 2.69 bits per heavy atom. The highest BCUT2D eigenvalue weighted by molar-refractivity contribution is 5.90. The third kappa shape index (κ3) is 3.99. The van der Waals surface area contributed by atoms with E-state index < -0.39 is 0 Å². The van der Waals surface area contributed by atoms with E-state index >= 15 is 0 Å². The van der Waals surface area contributed by atoms with Crippen molar-refractivity contribution >= 4 is 11.7 Å². The number of amides is 1. The number of nitrogens with one attached hydrogen (secondary N) is 1. The van der Waals surface area contributed by atoms with E-state index in [2.05, 4.69) is 25.3 Å². The predicted octanol–water partition coefficient (Wildman–Crippen LogP) is 1.77. The number of aromatic nitrogens is 4. The van der Waals surface area contributed by atoms with Gasteiger partial charge in [-0.3, -0.25) is 9.48 Å². The van der Waals surface area contributed by atoms with Crippen molar-refractivity contribution in [2.45, 2.75) is 51.6 Å². The van der Waals surface area contributed by atoms with Crippen LogP contribution in [0.3, 0.4) is 0 Å². The second-order valence-electron chi connectivity index (χ2n) is 8.55. The van der Waals surface area contributed by atoms with Crippen LogP contribution < -0.4 is 10.2 Å². The maximum atomic E-state index is 12.4. The lowest BCUT2D eigenvalue weighted by Gasteiger charge is -2.22. The molecule has 0 radical (unpaired) electrons. The van der Waals surface area contributed by atoms with Crippen molar-refractivity contribution in [2.75, 3.05) is 32.1 Å². The molecule has 2 aromatic heterocycles. The Labute approximate surface area is 172 Å². The highest BCUT2D eigenvalue weighted by Gasteiger charge is 2.30. The van der Waals surface area contributed by atoms with E-state index in [9.17, 15) is 4.79 Å². The van der Waals surface area contributed by atoms with Gasteiger partial charge in [-0.2, -0.15) is 5.10 Å². The predicted molar refractivity (Wildman–Crippen MR) is 112 cm³/mol. The van der Waals surface area contributed by atoms with E-state index in [1.165, 1.54) is 29.0 Å². The lowest BCUT2D eigenvalue weighted by atomic mass is 10.1. The molecule has 29 heavy (non-hydrogen) atoms. The molecule has 2 aromatic rings. The highest BCUT2D eigenvalue weighted by Crippen LogP contribution is 2.41. The molecule has 0 spiro atoms.